The van der Waals surface area contributed by atoms with E-state index in [4.69, 9.17) is 19.2 Å². The third-order valence-corrected chi connectivity index (χ3v) is 4.60. The highest BCUT2D eigenvalue weighted by atomic mass is 16.6. The number of carbonyl (C=O) groups is 1. The Morgan fingerprint density at radius 2 is 1.94 bits per heavy atom. The van der Waals surface area contributed by atoms with Crippen LogP contribution >= 0.6 is 0 Å². The molecule has 0 N–H and O–H groups in total. The van der Waals surface area contributed by atoms with Crippen molar-refractivity contribution in [2.45, 2.75) is 60.0 Å². The van der Waals surface area contributed by atoms with Gasteiger partial charge in [-0.05, 0) is 46.2 Å². The van der Waals surface area contributed by atoms with Gasteiger partial charge in [-0.15, -0.1) is 0 Å². The number of pyridine rings is 2. The van der Waals surface area contributed by atoms with Crippen LogP contribution in [-0.4, -0.2) is 45.0 Å². The summed E-state index contributed by atoms with van der Waals surface area (Å²) >= 11 is 0. The molecule has 3 rings (SSSR count). The van der Waals surface area contributed by atoms with E-state index in [1.807, 2.05) is 57.9 Å². The number of esters is 1. The Morgan fingerprint density at radius 1 is 1.16 bits per heavy atom. The van der Waals surface area contributed by atoms with Gasteiger partial charge in [0.2, 0.25) is 0 Å². The van der Waals surface area contributed by atoms with E-state index in [9.17, 15) is 4.79 Å². The van der Waals surface area contributed by atoms with Crippen LogP contribution in [0.1, 0.15) is 44.5 Å². The fourth-order valence-electron chi connectivity index (χ4n) is 3.45. The number of aryl methyl sites for hydroxylation is 2. The molecule has 0 fully saturated rings. The molecule has 0 aromatic carbocycles. The van der Waals surface area contributed by atoms with Crippen LogP contribution in [0.3, 0.4) is 0 Å². The predicted molar refractivity (Wildman–Crippen MR) is 117 cm³/mol. The number of fused-ring (bicyclic) bond motifs is 1. The van der Waals surface area contributed by atoms with Crippen molar-refractivity contribution in [1.82, 2.24) is 19.7 Å². The quantitative estimate of drug-likeness (QED) is 0.506. The number of hydrogen-bond acceptors (Lipinski definition) is 7. The lowest BCUT2D eigenvalue weighted by atomic mass is 9.97. The second-order valence-corrected chi connectivity index (χ2v) is 8.37. The first kappa shape index (κ1) is 22.8. The van der Waals surface area contributed by atoms with Crippen molar-refractivity contribution in [3.05, 3.63) is 41.5 Å². The SMILES string of the molecule is CCn1ncc2c(-c3cncc(C)c3)c(COCC(=O)OC(C)(C)C)c(COC)nc21. The van der Waals surface area contributed by atoms with E-state index >= 15 is 0 Å². The van der Waals surface area contributed by atoms with Gasteiger partial charge in [0, 0.05) is 48.1 Å². The van der Waals surface area contributed by atoms with Crippen molar-refractivity contribution >= 4 is 17.0 Å². The summed E-state index contributed by atoms with van der Waals surface area (Å²) in [5.41, 5.74) is 4.73. The molecular formula is C23H30N4O4. The average molecular weight is 427 g/mol. The molecule has 0 unspecified atom stereocenters. The zero-order valence-corrected chi connectivity index (χ0v) is 19.1. The Labute approximate surface area is 182 Å². The standard InChI is InChI=1S/C23H30N4O4/c1-7-27-22-17(11-25-27)21(16-8-15(2)9-24-10-16)18(19(26-22)13-29-6)12-30-14-20(28)31-23(3,4)5/h8-11H,7,12-14H2,1-6H3. The van der Waals surface area contributed by atoms with Crippen LogP contribution in [0.4, 0.5) is 0 Å². The highest BCUT2D eigenvalue weighted by Gasteiger charge is 2.21. The average Bonchev–Trinajstić information content (AvgIpc) is 3.09. The molecule has 0 aliphatic heterocycles. The molecule has 0 saturated carbocycles. The summed E-state index contributed by atoms with van der Waals surface area (Å²) in [7, 11) is 1.63. The number of carbonyl (C=O) groups excluding carboxylic acids is 1. The molecule has 0 saturated heterocycles. The zero-order chi connectivity index (χ0) is 22.6. The molecule has 0 aliphatic rings. The van der Waals surface area contributed by atoms with Gasteiger partial charge >= 0.3 is 5.97 Å². The Kier molecular flexibility index (Phi) is 7.02. The summed E-state index contributed by atoms with van der Waals surface area (Å²) in [6.07, 6.45) is 5.45. The first-order valence-electron chi connectivity index (χ1n) is 10.3. The van der Waals surface area contributed by atoms with Gasteiger partial charge in [-0.25, -0.2) is 14.5 Å². The largest absolute Gasteiger partial charge is 0.458 e. The number of aromatic nitrogens is 4. The van der Waals surface area contributed by atoms with E-state index in [0.29, 0.717) is 13.2 Å². The predicted octanol–water partition coefficient (Wildman–Crippen LogP) is 3.83. The summed E-state index contributed by atoms with van der Waals surface area (Å²) < 4.78 is 18.4. The van der Waals surface area contributed by atoms with Gasteiger partial charge in [-0.1, -0.05) is 0 Å². The van der Waals surface area contributed by atoms with Crippen LogP contribution in [0.2, 0.25) is 0 Å². The number of hydrogen-bond donors (Lipinski definition) is 0. The van der Waals surface area contributed by atoms with Crippen molar-refractivity contribution < 1.29 is 19.0 Å². The molecule has 3 heterocycles. The van der Waals surface area contributed by atoms with E-state index in [0.717, 1.165) is 39.0 Å². The van der Waals surface area contributed by atoms with Gasteiger partial charge in [-0.3, -0.25) is 4.98 Å². The van der Waals surface area contributed by atoms with Gasteiger partial charge in [-0.2, -0.15) is 5.10 Å². The van der Waals surface area contributed by atoms with Crippen molar-refractivity contribution in [2.75, 3.05) is 13.7 Å². The minimum Gasteiger partial charge on any atom is -0.458 e. The van der Waals surface area contributed by atoms with Crippen LogP contribution in [0.25, 0.3) is 22.2 Å². The maximum absolute atomic E-state index is 12.1. The summed E-state index contributed by atoms with van der Waals surface area (Å²) in [4.78, 5) is 21.3. The fraction of sp³-hybridized carbons (Fsp3) is 0.478. The molecule has 8 heteroatoms. The summed E-state index contributed by atoms with van der Waals surface area (Å²) in [6.45, 7) is 10.5. The number of nitrogens with zero attached hydrogens (tertiary/aromatic N) is 4. The molecule has 8 nitrogen and oxygen atoms in total. The van der Waals surface area contributed by atoms with Crippen LogP contribution in [-0.2, 0) is 38.8 Å². The van der Waals surface area contributed by atoms with Gasteiger partial charge in [0.05, 0.1) is 25.1 Å². The third kappa shape index (κ3) is 5.45. The van der Waals surface area contributed by atoms with Gasteiger partial charge in [0.1, 0.15) is 12.2 Å². The van der Waals surface area contributed by atoms with Gasteiger partial charge in [0.25, 0.3) is 0 Å². The second kappa shape index (κ2) is 9.53. The first-order valence-corrected chi connectivity index (χ1v) is 10.3. The Bertz CT molecular complexity index is 1070. The van der Waals surface area contributed by atoms with Crippen LogP contribution in [0.5, 0.6) is 0 Å². The molecule has 0 atom stereocenters. The normalized spacial score (nSPS) is 11.8. The number of methoxy groups -OCH3 is 1. The molecule has 0 bridgehead atoms. The van der Waals surface area contributed by atoms with E-state index in [-0.39, 0.29) is 13.2 Å². The van der Waals surface area contributed by atoms with Crippen LogP contribution < -0.4 is 0 Å². The maximum atomic E-state index is 12.1. The summed E-state index contributed by atoms with van der Waals surface area (Å²) in [6, 6.07) is 2.07. The smallest absolute Gasteiger partial charge is 0.332 e. The molecule has 31 heavy (non-hydrogen) atoms. The summed E-state index contributed by atoms with van der Waals surface area (Å²) in [5.74, 6) is -0.410. The van der Waals surface area contributed by atoms with Crippen LogP contribution in [0, 0.1) is 6.92 Å². The number of ether oxygens (including phenoxy) is 3. The Morgan fingerprint density at radius 3 is 2.58 bits per heavy atom. The topological polar surface area (TPSA) is 88.4 Å². The van der Waals surface area contributed by atoms with E-state index in [2.05, 4.69) is 16.1 Å². The lowest BCUT2D eigenvalue weighted by molar-refractivity contribution is -0.160. The Hall–Kier alpha value is -2.84. The van der Waals surface area contributed by atoms with Crippen molar-refractivity contribution in [2.24, 2.45) is 0 Å². The lowest BCUT2D eigenvalue weighted by Crippen LogP contribution is -2.26. The highest BCUT2D eigenvalue weighted by Crippen LogP contribution is 2.34. The molecular weight excluding hydrogens is 396 g/mol. The molecule has 0 radical (unpaired) electrons. The van der Waals surface area contributed by atoms with Crippen molar-refractivity contribution in [3.63, 3.8) is 0 Å². The third-order valence-electron chi connectivity index (χ3n) is 4.60. The molecule has 0 amide bonds. The number of rotatable bonds is 8. The molecule has 0 aliphatic carbocycles. The molecule has 166 valence electrons. The molecule has 3 aromatic heterocycles. The zero-order valence-electron chi connectivity index (χ0n) is 19.1. The van der Waals surface area contributed by atoms with Crippen LogP contribution in [0.15, 0.2) is 24.7 Å². The lowest BCUT2D eigenvalue weighted by Gasteiger charge is -2.20. The minimum absolute atomic E-state index is 0.151. The second-order valence-electron chi connectivity index (χ2n) is 8.37. The van der Waals surface area contributed by atoms with Crippen molar-refractivity contribution in [3.8, 4) is 11.1 Å². The van der Waals surface area contributed by atoms with E-state index < -0.39 is 11.6 Å². The van der Waals surface area contributed by atoms with Gasteiger partial charge < -0.3 is 14.2 Å². The summed E-state index contributed by atoms with van der Waals surface area (Å²) in [5, 5.41) is 5.40. The highest BCUT2D eigenvalue weighted by molar-refractivity contribution is 5.95. The van der Waals surface area contributed by atoms with Gasteiger partial charge in [0.15, 0.2) is 5.65 Å². The van der Waals surface area contributed by atoms with Crippen molar-refractivity contribution in [1.29, 1.82) is 0 Å². The maximum Gasteiger partial charge on any atom is 0.332 e. The van der Waals surface area contributed by atoms with E-state index in [1.54, 1.807) is 7.11 Å². The Balaban J connectivity index is 2.06. The monoisotopic (exact) mass is 426 g/mol. The fourth-order valence-corrected chi connectivity index (χ4v) is 3.45. The molecule has 3 aromatic rings. The minimum atomic E-state index is -0.560. The first-order chi connectivity index (χ1) is 14.7. The van der Waals surface area contributed by atoms with E-state index in [1.165, 1.54) is 0 Å². The molecule has 0 spiro atoms.